The summed E-state index contributed by atoms with van der Waals surface area (Å²) in [5.41, 5.74) is 24.7. The van der Waals surface area contributed by atoms with Gasteiger partial charge in [-0.2, -0.15) is 0 Å². The average Bonchev–Trinajstić information content (AvgIpc) is 2.63. The van der Waals surface area contributed by atoms with Crippen LogP contribution >= 0.6 is 11.3 Å². The summed E-state index contributed by atoms with van der Waals surface area (Å²) < 4.78 is 2.69. The van der Waals surface area contributed by atoms with Crippen LogP contribution in [-0.2, 0) is 32.5 Å². The maximum atomic E-state index is 2.93. The van der Waals surface area contributed by atoms with Crippen molar-refractivity contribution < 1.29 is 0 Å². The van der Waals surface area contributed by atoms with Gasteiger partial charge in [0.2, 0.25) is 0 Å². The van der Waals surface area contributed by atoms with Gasteiger partial charge in [0, 0.05) is 65.3 Å². The van der Waals surface area contributed by atoms with Crippen molar-refractivity contribution in [3.63, 3.8) is 0 Å². The number of fused-ring (bicyclic) bond motifs is 10. The van der Waals surface area contributed by atoms with Crippen molar-refractivity contribution in [2.75, 3.05) is 14.7 Å². The molecule has 4 aliphatic rings. The van der Waals surface area contributed by atoms with Crippen LogP contribution in [0.1, 0.15) is 177 Å². The van der Waals surface area contributed by atoms with Crippen molar-refractivity contribution in [3.05, 3.63) is 185 Å². The van der Waals surface area contributed by atoms with Crippen LogP contribution in [0.2, 0.25) is 0 Å². The Morgan fingerprint density at radius 3 is 1.59 bits per heavy atom. The summed E-state index contributed by atoms with van der Waals surface area (Å²) in [6, 6.07) is 60.7. The molecule has 0 bridgehead atoms. The van der Waals surface area contributed by atoms with Crippen molar-refractivity contribution in [1.29, 1.82) is 0 Å². The monoisotopic (exact) mass is 1080 g/mol. The molecule has 1 aromatic heterocycles. The van der Waals surface area contributed by atoms with E-state index in [1.54, 1.807) is 5.56 Å². The van der Waals surface area contributed by atoms with Crippen LogP contribution in [0.5, 0.6) is 0 Å². The second kappa shape index (κ2) is 18.0. The molecule has 3 nitrogen and oxygen atoms in total. The number of rotatable bonds is 5. The molecule has 1 fully saturated rings. The van der Waals surface area contributed by atoms with E-state index in [2.05, 4.69) is 284 Å². The van der Waals surface area contributed by atoms with E-state index in [1.807, 2.05) is 11.3 Å². The van der Waals surface area contributed by atoms with Gasteiger partial charge in [-0.15, -0.1) is 11.3 Å². The van der Waals surface area contributed by atoms with Gasteiger partial charge in [0.05, 0.1) is 16.9 Å². The van der Waals surface area contributed by atoms with E-state index in [1.165, 1.54) is 123 Å². The fraction of sp³-hybridized carbons (Fsp3) is 0.368. The maximum Gasteiger partial charge on any atom is 0.252 e. The minimum absolute atomic E-state index is 0.0106. The van der Waals surface area contributed by atoms with E-state index in [4.69, 9.17) is 0 Å². The Hall–Kier alpha value is -6.56. The molecule has 0 N–H and O–H groups in total. The minimum atomic E-state index is -0.168. The largest absolute Gasteiger partial charge is 0.335 e. The van der Waals surface area contributed by atoms with Crippen LogP contribution in [0.4, 0.5) is 45.5 Å². The molecule has 4 heterocycles. The lowest BCUT2D eigenvalue weighted by Gasteiger charge is -2.53. The predicted molar refractivity (Wildman–Crippen MR) is 355 cm³/mol. The number of benzene rings is 8. The quantitative estimate of drug-likeness (QED) is 0.159. The predicted octanol–water partition coefficient (Wildman–Crippen LogP) is 20.0. The van der Waals surface area contributed by atoms with Crippen molar-refractivity contribution in [3.8, 4) is 11.1 Å². The Balaban J connectivity index is 1.21. The molecule has 81 heavy (non-hydrogen) atoms. The van der Waals surface area contributed by atoms with Gasteiger partial charge in [0.15, 0.2) is 0 Å². The van der Waals surface area contributed by atoms with Crippen molar-refractivity contribution in [2.45, 2.75) is 181 Å². The smallest absolute Gasteiger partial charge is 0.252 e. The average molecular weight is 1080 g/mol. The van der Waals surface area contributed by atoms with Crippen molar-refractivity contribution >= 4 is 100 Å². The molecule has 0 radical (unpaired) electrons. The zero-order chi connectivity index (χ0) is 57.3. The summed E-state index contributed by atoms with van der Waals surface area (Å²) in [6.45, 7) is 40.6. The van der Waals surface area contributed by atoms with E-state index < -0.39 is 0 Å². The molecule has 0 saturated heterocycles. The fourth-order valence-corrected chi connectivity index (χ4v) is 15.7. The minimum Gasteiger partial charge on any atom is -0.335 e. The molecule has 0 amide bonds. The van der Waals surface area contributed by atoms with Gasteiger partial charge in [0.1, 0.15) is 0 Å². The summed E-state index contributed by atoms with van der Waals surface area (Å²) in [5.74, 6) is 0. The molecule has 8 aromatic carbocycles. The van der Waals surface area contributed by atoms with Crippen LogP contribution < -0.4 is 31.1 Å². The Morgan fingerprint density at radius 2 is 0.988 bits per heavy atom. The Labute approximate surface area is 489 Å². The third-order valence-corrected chi connectivity index (χ3v) is 20.9. The molecule has 13 rings (SSSR count). The van der Waals surface area contributed by atoms with E-state index in [0.29, 0.717) is 0 Å². The molecule has 1 aliphatic carbocycles. The van der Waals surface area contributed by atoms with Crippen LogP contribution in [0.3, 0.4) is 0 Å². The summed E-state index contributed by atoms with van der Waals surface area (Å²) in [4.78, 5) is 8.24. The van der Waals surface area contributed by atoms with Gasteiger partial charge >= 0.3 is 0 Å². The highest BCUT2D eigenvalue weighted by molar-refractivity contribution is 7.26. The first kappa shape index (κ1) is 53.7. The number of hydrogen-bond donors (Lipinski definition) is 0. The lowest BCUT2D eigenvalue weighted by Crippen LogP contribution is -2.64. The molecule has 3 aliphatic heterocycles. The van der Waals surface area contributed by atoms with E-state index in [-0.39, 0.29) is 44.7 Å². The molecule has 9 aromatic rings. The Kier molecular flexibility index (Phi) is 11.9. The highest BCUT2D eigenvalue weighted by Crippen LogP contribution is 2.63. The number of nitrogens with zero attached hydrogens (tertiary/aromatic N) is 3. The van der Waals surface area contributed by atoms with Gasteiger partial charge in [-0.3, -0.25) is 0 Å². The zero-order valence-corrected chi connectivity index (χ0v) is 52.4. The van der Waals surface area contributed by atoms with E-state index in [9.17, 15) is 0 Å². The molecular weight excluding hydrogens is 998 g/mol. The van der Waals surface area contributed by atoms with E-state index >= 15 is 0 Å². The zero-order valence-electron chi connectivity index (χ0n) is 51.6. The molecule has 412 valence electrons. The molecule has 2 atom stereocenters. The topological polar surface area (TPSA) is 9.72 Å². The third-order valence-electron chi connectivity index (χ3n) is 19.8. The first-order valence-electron chi connectivity index (χ1n) is 30.2. The van der Waals surface area contributed by atoms with Gasteiger partial charge < -0.3 is 14.7 Å². The maximum absolute atomic E-state index is 2.93. The van der Waals surface area contributed by atoms with Gasteiger partial charge in [-0.05, 0) is 175 Å². The fourth-order valence-electron chi connectivity index (χ4n) is 14.6. The normalized spacial score (nSPS) is 18.8. The van der Waals surface area contributed by atoms with Gasteiger partial charge in [0.25, 0.3) is 6.71 Å². The SMILES string of the molecule is CC(C)(C)c1ccc(N(c2ccc(C(C)(C)C)cc2)c2cc3c4c(c2)N2c5c(cc(C(C)(C)C)cc5C5(C)CCCCC25C)B4c2cc4sc5ccc(C(C)(C)C)cc5c4cc2N3c2ccc(C(C)(C)C)cc2-c2ccccc2)cc1. The van der Waals surface area contributed by atoms with Gasteiger partial charge in [-0.1, -0.05) is 202 Å². The highest BCUT2D eigenvalue weighted by Gasteiger charge is 2.62. The Bertz CT molecular complexity index is 3940. The molecule has 2 unspecified atom stereocenters. The first-order chi connectivity index (χ1) is 38.0. The second-order valence-corrected chi connectivity index (χ2v) is 31.4. The molecule has 5 heteroatoms. The highest BCUT2D eigenvalue weighted by atomic mass is 32.1. The van der Waals surface area contributed by atoms with E-state index in [0.717, 1.165) is 23.5 Å². The summed E-state index contributed by atoms with van der Waals surface area (Å²) in [5, 5.41) is 2.67. The van der Waals surface area contributed by atoms with Crippen molar-refractivity contribution in [1.82, 2.24) is 0 Å². The van der Waals surface area contributed by atoms with Gasteiger partial charge in [-0.25, -0.2) is 0 Å². The van der Waals surface area contributed by atoms with Crippen LogP contribution in [-0.4, -0.2) is 12.3 Å². The third kappa shape index (κ3) is 8.39. The molecule has 1 saturated carbocycles. The first-order valence-corrected chi connectivity index (χ1v) is 31.1. The number of anilines is 8. The summed E-state index contributed by atoms with van der Waals surface area (Å²) >= 11 is 1.96. The lowest BCUT2D eigenvalue weighted by molar-refractivity contribution is 0.195. The van der Waals surface area contributed by atoms with Crippen LogP contribution in [0.15, 0.2) is 152 Å². The van der Waals surface area contributed by atoms with Crippen LogP contribution in [0, 0.1) is 0 Å². The van der Waals surface area contributed by atoms with Crippen LogP contribution in [0.25, 0.3) is 31.3 Å². The summed E-state index contributed by atoms with van der Waals surface area (Å²) in [6.07, 6.45) is 4.75. The molecule has 0 spiro atoms. The lowest BCUT2D eigenvalue weighted by atomic mass is 9.33. The number of thiophene rings is 1. The standard InChI is InChI=1S/C76H84BN3S/c1-70(2,3)48-25-31-53(32-26-48)78(54-33-27-49(28-34-54)71(4,5)6)55-43-64-68-65(44-55)80-69-59(75(16)37-21-22-38-76(75,80)17)41-52(74(13,14)15)42-61(69)77(68)60-46-67-58(57-40-51(73(10,11)12)30-36-66(57)81-67)45-63(60)79(64)62-35-29-50(72(7,8)9)39-56(62)47-23-19-18-20-24-47/h18-20,23-36,39-46H,21-22,37-38H2,1-17H3. The Morgan fingerprint density at radius 1 is 0.444 bits per heavy atom. The molecular formula is C76H84BN3S. The van der Waals surface area contributed by atoms with Crippen molar-refractivity contribution in [2.24, 2.45) is 0 Å². The summed E-state index contributed by atoms with van der Waals surface area (Å²) in [7, 11) is 0. The number of hydrogen-bond acceptors (Lipinski definition) is 4. The second-order valence-electron chi connectivity index (χ2n) is 30.3.